The lowest BCUT2D eigenvalue weighted by Gasteiger charge is -2.21. The molecule has 2 aromatic heterocycles. The number of nitrogens with zero attached hydrogens (tertiary/aromatic N) is 3. The summed E-state index contributed by atoms with van der Waals surface area (Å²) in [6, 6.07) is 2.28. The normalized spacial score (nSPS) is 13.4. The van der Waals surface area contributed by atoms with E-state index in [0.29, 0.717) is 11.8 Å². The Labute approximate surface area is 118 Å². The van der Waals surface area contributed by atoms with Gasteiger partial charge in [0, 0.05) is 13.0 Å². The van der Waals surface area contributed by atoms with Gasteiger partial charge in [-0.25, -0.2) is 0 Å². The molecule has 0 amide bonds. The fraction of sp³-hybridized carbons (Fsp3) is 0.571. The summed E-state index contributed by atoms with van der Waals surface area (Å²) in [5.74, 6) is 1.97. The summed E-state index contributed by atoms with van der Waals surface area (Å²) < 4.78 is 5.74. The van der Waals surface area contributed by atoms with E-state index in [1.165, 1.54) is 5.56 Å². The molecule has 0 spiro atoms. The van der Waals surface area contributed by atoms with Gasteiger partial charge in [0.2, 0.25) is 11.8 Å². The van der Waals surface area contributed by atoms with Crippen LogP contribution < -0.4 is 0 Å². The van der Waals surface area contributed by atoms with Gasteiger partial charge in [-0.15, -0.1) is 10.2 Å². The molecule has 2 rings (SSSR count). The third kappa shape index (κ3) is 3.88. The largest absolute Gasteiger partial charge is 0.424 e. The molecule has 19 heavy (non-hydrogen) atoms. The van der Waals surface area contributed by atoms with Gasteiger partial charge >= 0.3 is 0 Å². The predicted octanol–water partition coefficient (Wildman–Crippen LogP) is 3.52. The van der Waals surface area contributed by atoms with Crippen molar-refractivity contribution in [3.63, 3.8) is 0 Å². The highest BCUT2D eigenvalue weighted by Gasteiger charge is 2.19. The van der Waals surface area contributed by atoms with E-state index in [9.17, 15) is 0 Å². The van der Waals surface area contributed by atoms with Gasteiger partial charge in [0.15, 0.2) is 0 Å². The molecule has 0 fully saturated rings. The first kappa shape index (κ1) is 14.2. The van der Waals surface area contributed by atoms with E-state index in [1.54, 1.807) is 11.3 Å². The summed E-state index contributed by atoms with van der Waals surface area (Å²) in [5.41, 5.74) is 1.32. The van der Waals surface area contributed by atoms with Crippen molar-refractivity contribution in [3.8, 4) is 0 Å². The SMILES string of the molecule is CC(C)Cc1nnc(C(C)N(C)Cc2ccsc2)o1. The van der Waals surface area contributed by atoms with Crippen LogP contribution in [0.5, 0.6) is 0 Å². The standard InChI is InChI=1S/C14H21N3OS/c1-10(2)7-13-15-16-14(18-13)11(3)17(4)8-12-5-6-19-9-12/h5-6,9-11H,7-8H2,1-4H3. The lowest BCUT2D eigenvalue weighted by atomic mass is 10.1. The zero-order valence-electron chi connectivity index (χ0n) is 12.0. The van der Waals surface area contributed by atoms with Crippen molar-refractivity contribution in [1.82, 2.24) is 15.1 Å². The highest BCUT2D eigenvalue weighted by atomic mass is 32.1. The highest BCUT2D eigenvalue weighted by molar-refractivity contribution is 7.07. The van der Waals surface area contributed by atoms with Crippen molar-refractivity contribution >= 4 is 11.3 Å². The topological polar surface area (TPSA) is 42.2 Å². The molecule has 1 unspecified atom stereocenters. The number of rotatable bonds is 6. The van der Waals surface area contributed by atoms with Crippen LogP contribution >= 0.6 is 11.3 Å². The molecule has 104 valence electrons. The minimum absolute atomic E-state index is 0.133. The van der Waals surface area contributed by atoms with Crippen molar-refractivity contribution in [2.75, 3.05) is 7.05 Å². The maximum absolute atomic E-state index is 5.74. The highest BCUT2D eigenvalue weighted by Crippen LogP contribution is 2.21. The van der Waals surface area contributed by atoms with Crippen LogP contribution in [-0.2, 0) is 13.0 Å². The Morgan fingerprint density at radius 2 is 2.11 bits per heavy atom. The molecule has 0 radical (unpaired) electrons. The zero-order valence-corrected chi connectivity index (χ0v) is 12.8. The monoisotopic (exact) mass is 279 g/mol. The minimum Gasteiger partial charge on any atom is -0.424 e. The second kappa shape index (κ2) is 6.30. The third-order valence-electron chi connectivity index (χ3n) is 3.10. The summed E-state index contributed by atoms with van der Waals surface area (Å²) in [6.07, 6.45) is 0.841. The van der Waals surface area contributed by atoms with Crippen LogP contribution in [0.25, 0.3) is 0 Å². The summed E-state index contributed by atoms with van der Waals surface area (Å²) in [6.45, 7) is 7.29. The van der Waals surface area contributed by atoms with Gasteiger partial charge in [-0.3, -0.25) is 4.90 Å². The minimum atomic E-state index is 0.133. The molecule has 0 N–H and O–H groups in total. The van der Waals surface area contributed by atoms with Gasteiger partial charge in [-0.05, 0) is 42.3 Å². The molecule has 0 bridgehead atoms. The van der Waals surface area contributed by atoms with Crippen LogP contribution in [0.1, 0.15) is 44.2 Å². The van der Waals surface area contributed by atoms with Gasteiger partial charge in [0.25, 0.3) is 0 Å². The van der Waals surface area contributed by atoms with Gasteiger partial charge in [-0.1, -0.05) is 13.8 Å². The molecule has 0 saturated carbocycles. The predicted molar refractivity (Wildman–Crippen MR) is 77.0 cm³/mol. The van der Waals surface area contributed by atoms with E-state index in [1.807, 2.05) is 0 Å². The Balaban J connectivity index is 1.98. The number of hydrogen-bond donors (Lipinski definition) is 0. The van der Waals surface area contributed by atoms with Crippen LogP contribution in [0.3, 0.4) is 0 Å². The Kier molecular flexibility index (Phi) is 4.71. The maximum atomic E-state index is 5.74. The molecule has 0 aromatic carbocycles. The van der Waals surface area contributed by atoms with E-state index < -0.39 is 0 Å². The van der Waals surface area contributed by atoms with E-state index in [0.717, 1.165) is 18.9 Å². The molecule has 0 aliphatic carbocycles. The summed E-state index contributed by atoms with van der Waals surface area (Å²) in [5, 5.41) is 12.5. The first-order chi connectivity index (χ1) is 9.06. The van der Waals surface area contributed by atoms with Crippen LogP contribution in [0.4, 0.5) is 0 Å². The van der Waals surface area contributed by atoms with Gasteiger partial charge in [-0.2, -0.15) is 11.3 Å². The molecule has 0 aliphatic rings. The fourth-order valence-electron chi connectivity index (χ4n) is 1.86. The average molecular weight is 279 g/mol. The van der Waals surface area contributed by atoms with Crippen molar-refractivity contribution in [1.29, 1.82) is 0 Å². The van der Waals surface area contributed by atoms with Crippen LogP contribution in [-0.4, -0.2) is 22.1 Å². The van der Waals surface area contributed by atoms with Gasteiger partial charge in [0.05, 0.1) is 6.04 Å². The zero-order chi connectivity index (χ0) is 13.8. The van der Waals surface area contributed by atoms with Crippen molar-refractivity contribution < 1.29 is 4.42 Å². The number of aromatic nitrogens is 2. The Morgan fingerprint density at radius 1 is 1.32 bits per heavy atom. The lowest BCUT2D eigenvalue weighted by Crippen LogP contribution is -2.21. The Hall–Kier alpha value is -1.20. The molecule has 2 heterocycles. The Morgan fingerprint density at radius 3 is 2.74 bits per heavy atom. The second-order valence-electron chi connectivity index (χ2n) is 5.35. The number of thiophene rings is 1. The summed E-state index contributed by atoms with van der Waals surface area (Å²) in [4.78, 5) is 2.22. The van der Waals surface area contributed by atoms with Gasteiger partial charge in [0.1, 0.15) is 0 Å². The van der Waals surface area contributed by atoms with Crippen molar-refractivity contribution in [2.45, 2.75) is 39.8 Å². The molecule has 1 atom stereocenters. The fourth-order valence-corrected chi connectivity index (χ4v) is 2.52. The smallest absolute Gasteiger partial charge is 0.233 e. The van der Waals surface area contributed by atoms with E-state index in [-0.39, 0.29) is 6.04 Å². The molecule has 0 saturated heterocycles. The molecular formula is C14H21N3OS. The molecule has 0 aliphatic heterocycles. The van der Waals surface area contributed by atoms with Crippen LogP contribution in [0, 0.1) is 5.92 Å². The molecule has 2 aromatic rings. The van der Waals surface area contributed by atoms with Gasteiger partial charge < -0.3 is 4.42 Å². The Bertz CT molecular complexity index is 493. The first-order valence-electron chi connectivity index (χ1n) is 6.60. The molecule has 4 nitrogen and oxygen atoms in total. The summed E-state index contributed by atoms with van der Waals surface area (Å²) in [7, 11) is 2.08. The van der Waals surface area contributed by atoms with E-state index in [2.05, 4.69) is 59.7 Å². The first-order valence-corrected chi connectivity index (χ1v) is 7.54. The lowest BCUT2D eigenvalue weighted by molar-refractivity contribution is 0.213. The summed E-state index contributed by atoms with van der Waals surface area (Å²) >= 11 is 1.72. The van der Waals surface area contributed by atoms with Crippen molar-refractivity contribution in [3.05, 3.63) is 34.2 Å². The van der Waals surface area contributed by atoms with Crippen molar-refractivity contribution in [2.24, 2.45) is 5.92 Å². The van der Waals surface area contributed by atoms with Crippen LogP contribution in [0.2, 0.25) is 0 Å². The van der Waals surface area contributed by atoms with E-state index >= 15 is 0 Å². The van der Waals surface area contributed by atoms with E-state index in [4.69, 9.17) is 4.42 Å². The quantitative estimate of drug-likeness (QED) is 0.811. The second-order valence-corrected chi connectivity index (χ2v) is 6.13. The molecular weight excluding hydrogens is 258 g/mol. The molecule has 5 heteroatoms. The van der Waals surface area contributed by atoms with Crippen LogP contribution in [0.15, 0.2) is 21.2 Å². The average Bonchev–Trinajstić information content (AvgIpc) is 2.98. The third-order valence-corrected chi connectivity index (χ3v) is 3.83. The number of hydrogen-bond acceptors (Lipinski definition) is 5. The maximum Gasteiger partial charge on any atom is 0.233 e.